The lowest BCUT2D eigenvalue weighted by atomic mass is 10.3. The van der Waals surface area contributed by atoms with Gasteiger partial charge >= 0.3 is 0 Å². The minimum atomic E-state index is 0.819. The molecule has 0 radical (unpaired) electrons. The van der Waals surface area contributed by atoms with Gasteiger partial charge in [0.1, 0.15) is 5.82 Å². The lowest BCUT2D eigenvalue weighted by Crippen LogP contribution is -2.37. The van der Waals surface area contributed by atoms with Crippen molar-refractivity contribution in [1.82, 2.24) is 4.57 Å². The number of nitrogens with zero attached hydrogens (tertiary/aromatic N) is 2. The molecule has 0 N–H and O–H groups in total. The zero-order valence-corrected chi connectivity index (χ0v) is 9.75. The third-order valence-electron chi connectivity index (χ3n) is 3.10. The molecule has 3 heteroatoms. The molecule has 0 saturated carbocycles. The maximum atomic E-state index is 5.39. The van der Waals surface area contributed by atoms with Gasteiger partial charge in [-0.2, -0.15) is 0 Å². The van der Waals surface area contributed by atoms with Crippen molar-refractivity contribution < 1.29 is 4.74 Å². The van der Waals surface area contributed by atoms with Crippen LogP contribution in [0.2, 0.25) is 0 Å². The van der Waals surface area contributed by atoms with Gasteiger partial charge in [-0.25, -0.2) is 0 Å². The summed E-state index contributed by atoms with van der Waals surface area (Å²) in [5.41, 5.74) is 1.21. The summed E-state index contributed by atoms with van der Waals surface area (Å²) in [4.78, 5) is 2.37. The van der Waals surface area contributed by atoms with E-state index in [2.05, 4.69) is 52.1 Å². The predicted octanol–water partition coefficient (Wildman–Crippen LogP) is 2.31. The molecule has 0 amide bonds. The number of benzene rings is 1. The molecular weight excluding hydrogens is 212 g/mol. The van der Waals surface area contributed by atoms with Gasteiger partial charge in [0.05, 0.1) is 13.2 Å². The Labute approximate surface area is 101 Å². The maximum absolute atomic E-state index is 5.39. The summed E-state index contributed by atoms with van der Waals surface area (Å²) in [6.07, 6.45) is 2.11. The Bertz CT molecular complexity index is 472. The highest BCUT2D eigenvalue weighted by atomic mass is 16.5. The highest BCUT2D eigenvalue weighted by molar-refractivity contribution is 5.49. The number of para-hydroxylation sites is 1. The molecule has 1 aliphatic rings. The maximum Gasteiger partial charge on any atom is 0.113 e. The average Bonchev–Trinajstić information content (AvgIpc) is 2.90. The summed E-state index contributed by atoms with van der Waals surface area (Å²) < 4.78 is 7.62. The van der Waals surface area contributed by atoms with Crippen LogP contribution in [-0.2, 0) is 4.74 Å². The van der Waals surface area contributed by atoms with Gasteiger partial charge in [-0.1, -0.05) is 18.2 Å². The topological polar surface area (TPSA) is 17.4 Å². The number of aromatic nitrogens is 1. The summed E-state index contributed by atoms with van der Waals surface area (Å²) in [6.45, 7) is 3.58. The SMILES string of the molecule is c1ccc(-n2cccc2N2CCOCC2)cc1. The van der Waals surface area contributed by atoms with Gasteiger partial charge in [-0.05, 0) is 24.3 Å². The quantitative estimate of drug-likeness (QED) is 0.784. The van der Waals surface area contributed by atoms with Gasteiger partial charge in [-0.3, -0.25) is 0 Å². The molecule has 2 aromatic rings. The molecule has 0 unspecified atom stereocenters. The van der Waals surface area contributed by atoms with E-state index in [0.717, 1.165) is 26.3 Å². The number of ether oxygens (including phenoxy) is 1. The molecule has 1 saturated heterocycles. The fourth-order valence-corrected chi connectivity index (χ4v) is 2.23. The van der Waals surface area contributed by atoms with Gasteiger partial charge in [0.15, 0.2) is 0 Å². The molecule has 1 aliphatic heterocycles. The first-order valence-corrected chi connectivity index (χ1v) is 6.00. The average molecular weight is 228 g/mol. The van der Waals surface area contributed by atoms with Crippen LogP contribution in [0, 0.1) is 0 Å². The monoisotopic (exact) mass is 228 g/mol. The Morgan fingerprint density at radius 3 is 2.41 bits per heavy atom. The van der Waals surface area contributed by atoms with Crippen molar-refractivity contribution in [2.45, 2.75) is 0 Å². The van der Waals surface area contributed by atoms with Crippen LogP contribution >= 0.6 is 0 Å². The summed E-state index contributed by atoms with van der Waals surface area (Å²) >= 11 is 0. The van der Waals surface area contributed by atoms with Crippen LogP contribution < -0.4 is 4.90 Å². The van der Waals surface area contributed by atoms with Crippen molar-refractivity contribution in [2.24, 2.45) is 0 Å². The zero-order chi connectivity index (χ0) is 11.5. The third-order valence-corrected chi connectivity index (χ3v) is 3.10. The standard InChI is InChI=1S/C14H16N2O/c1-2-5-13(6-3-1)16-8-4-7-14(16)15-9-11-17-12-10-15/h1-8H,9-12H2. The Morgan fingerprint density at radius 1 is 0.882 bits per heavy atom. The van der Waals surface area contributed by atoms with E-state index in [1.807, 2.05) is 6.07 Å². The molecule has 0 aliphatic carbocycles. The molecule has 17 heavy (non-hydrogen) atoms. The van der Waals surface area contributed by atoms with E-state index in [1.165, 1.54) is 11.5 Å². The normalized spacial score (nSPS) is 16.1. The molecule has 3 nitrogen and oxygen atoms in total. The van der Waals surface area contributed by atoms with E-state index < -0.39 is 0 Å². The molecule has 0 spiro atoms. The number of rotatable bonds is 2. The van der Waals surface area contributed by atoms with E-state index in [1.54, 1.807) is 0 Å². The van der Waals surface area contributed by atoms with Gasteiger partial charge < -0.3 is 14.2 Å². The Kier molecular flexibility index (Phi) is 2.84. The smallest absolute Gasteiger partial charge is 0.113 e. The second-order valence-corrected chi connectivity index (χ2v) is 4.17. The van der Waals surface area contributed by atoms with E-state index >= 15 is 0 Å². The number of hydrogen-bond acceptors (Lipinski definition) is 2. The van der Waals surface area contributed by atoms with E-state index in [0.29, 0.717) is 0 Å². The third kappa shape index (κ3) is 2.06. The van der Waals surface area contributed by atoms with Gasteiger partial charge in [0.25, 0.3) is 0 Å². The first kappa shape index (κ1) is 10.4. The minimum Gasteiger partial charge on any atom is -0.378 e. The van der Waals surface area contributed by atoms with Crippen LogP contribution in [-0.4, -0.2) is 30.9 Å². The van der Waals surface area contributed by atoms with Crippen LogP contribution in [0.5, 0.6) is 0 Å². The molecule has 88 valence electrons. The van der Waals surface area contributed by atoms with Crippen LogP contribution in [0.4, 0.5) is 5.82 Å². The first-order valence-electron chi connectivity index (χ1n) is 6.00. The second-order valence-electron chi connectivity index (χ2n) is 4.17. The van der Waals surface area contributed by atoms with Gasteiger partial charge in [-0.15, -0.1) is 0 Å². The van der Waals surface area contributed by atoms with Crippen molar-refractivity contribution in [1.29, 1.82) is 0 Å². The minimum absolute atomic E-state index is 0.819. The number of morpholine rings is 1. The molecule has 1 aromatic heterocycles. The molecule has 1 aromatic carbocycles. The molecule has 1 fully saturated rings. The Balaban J connectivity index is 1.93. The highest BCUT2D eigenvalue weighted by Gasteiger charge is 2.14. The lowest BCUT2D eigenvalue weighted by Gasteiger charge is -2.29. The fourth-order valence-electron chi connectivity index (χ4n) is 2.23. The number of hydrogen-bond donors (Lipinski definition) is 0. The largest absolute Gasteiger partial charge is 0.378 e. The summed E-state index contributed by atoms with van der Waals surface area (Å²) in [5, 5.41) is 0. The fraction of sp³-hybridized carbons (Fsp3) is 0.286. The van der Waals surface area contributed by atoms with Crippen LogP contribution in [0.1, 0.15) is 0 Å². The zero-order valence-electron chi connectivity index (χ0n) is 9.75. The molecule has 3 rings (SSSR count). The molecule has 2 heterocycles. The van der Waals surface area contributed by atoms with Crippen molar-refractivity contribution in [2.75, 3.05) is 31.2 Å². The van der Waals surface area contributed by atoms with Crippen molar-refractivity contribution >= 4 is 5.82 Å². The molecule has 0 atom stereocenters. The first-order chi connectivity index (χ1) is 8.45. The van der Waals surface area contributed by atoms with E-state index in [4.69, 9.17) is 4.74 Å². The molecular formula is C14H16N2O. The van der Waals surface area contributed by atoms with Gasteiger partial charge in [0.2, 0.25) is 0 Å². The van der Waals surface area contributed by atoms with Crippen LogP contribution in [0.3, 0.4) is 0 Å². The summed E-state index contributed by atoms with van der Waals surface area (Å²) in [6, 6.07) is 14.7. The molecule has 0 bridgehead atoms. The Hall–Kier alpha value is -1.74. The lowest BCUT2D eigenvalue weighted by molar-refractivity contribution is 0.122. The van der Waals surface area contributed by atoms with Crippen molar-refractivity contribution in [3.63, 3.8) is 0 Å². The second kappa shape index (κ2) is 4.63. The Morgan fingerprint density at radius 2 is 1.65 bits per heavy atom. The highest BCUT2D eigenvalue weighted by Crippen LogP contribution is 2.21. The predicted molar refractivity (Wildman–Crippen MR) is 68.8 cm³/mol. The van der Waals surface area contributed by atoms with Crippen molar-refractivity contribution in [3.8, 4) is 5.69 Å². The van der Waals surface area contributed by atoms with E-state index in [-0.39, 0.29) is 0 Å². The van der Waals surface area contributed by atoms with E-state index in [9.17, 15) is 0 Å². The summed E-state index contributed by atoms with van der Waals surface area (Å²) in [7, 11) is 0. The van der Waals surface area contributed by atoms with Crippen molar-refractivity contribution in [3.05, 3.63) is 48.7 Å². The van der Waals surface area contributed by atoms with Crippen LogP contribution in [0.15, 0.2) is 48.7 Å². The van der Waals surface area contributed by atoms with Crippen LogP contribution in [0.25, 0.3) is 5.69 Å². The number of anilines is 1. The summed E-state index contributed by atoms with van der Waals surface area (Å²) in [5.74, 6) is 1.25. The van der Waals surface area contributed by atoms with Gasteiger partial charge in [0, 0.05) is 25.0 Å².